The molecular weight excluding hydrogens is 356 g/mol. The number of nitrogens with one attached hydrogen (secondary N) is 1. The van der Waals surface area contributed by atoms with Gasteiger partial charge in [-0.3, -0.25) is 9.59 Å². The second kappa shape index (κ2) is 9.41. The largest absolute Gasteiger partial charge is 0.496 e. The lowest BCUT2D eigenvalue weighted by Gasteiger charge is -2.34. The molecule has 1 saturated heterocycles. The van der Waals surface area contributed by atoms with Gasteiger partial charge in [-0.2, -0.15) is 0 Å². The number of carbonyl (C=O) groups excluding carboxylic acids is 2. The Labute approximate surface area is 167 Å². The summed E-state index contributed by atoms with van der Waals surface area (Å²) in [6, 6.07) is 7.00. The molecule has 0 radical (unpaired) electrons. The van der Waals surface area contributed by atoms with E-state index in [2.05, 4.69) is 5.32 Å². The number of nitrogens with zero attached hydrogens (tertiary/aromatic N) is 1. The first kappa shape index (κ1) is 20.6. The van der Waals surface area contributed by atoms with Crippen LogP contribution in [0.5, 0.6) is 5.75 Å². The van der Waals surface area contributed by atoms with E-state index in [9.17, 15) is 9.59 Å². The Kier molecular flexibility index (Phi) is 6.94. The molecule has 6 nitrogen and oxygen atoms in total. The maximum absolute atomic E-state index is 13.5. The first-order chi connectivity index (χ1) is 13.6. The first-order valence-corrected chi connectivity index (χ1v) is 10.3. The third-order valence-electron chi connectivity index (χ3n) is 6.11. The highest BCUT2D eigenvalue weighted by atomic mass is 16.5. The van der Waals surface area contributed by atoms with Crippen LogP contribution in [-0.2, 0) is 9.53 Å². The fraction of sp³-hybridized carbons (Fsp3) is 0.636. The molecular formula is C22H32N2O4. The van der Waals surface area contributed by atoms with Gasteiger partial charge in [0, 0.05) is 25.8 Å². The molecule has 1 aliphatic carbocycles. The summed E-state index contributed by atoms with van der Waals surface area (Å²) in [4.78, 5) is 28.4. The number of ether oxygens (including phenoxy) is 2. The normalized spacial score (nSPS) is 25.1. The standard InChI is InChI=1S/C22H32N2O4/c1-15(12-13-27-2)23-21(25)19-14-16-8-4-6-10-18(16)24(19)22(26)17-9-5-7-11-20(17)28-3/h5,7,9,11,15-16,18-19H,4,6,8,10,12-14H2,1-3H3,(H,23,25). The lowest BCUT2D eigenvalue weighted by Crippen LogP contribution is -2.51. The third-order valence-corrected chi connectivity index (χ3v) is 6.11. The van der Waals surface area contributed by atoms with Crippen molar-refractivity contribution in [2.75, 3.05) is 20.8 Å². The van der Waals surface area contributed by atoms with E-state index < -0.39 is 6.04 Å². The number of hydrogen-bond donors (Lipinski definition) is 1. The number of carbonyl (C=O) groups is 2. The predicted octanol–water partition coefficient (Wildman–Crippen LogP) is 3.01. The molecule has 28 heavy (non-hydrogen) atoms. The highest BCUT2D eigenvalue weighted by molar-refractivity contribution is 6.00. The van der Waals surface area contributed by atoms with Crippen molar-refractivity contribution in [2.24, 2.45) is 5.92 Å². The molecule has 1 heterocycles. The van der Waals surface area contributed by atoms with Gasteiger partial charge in [0.25, 0.3) is 5.91 Å². The number of para-hydroxylation sites is 1. The molecule has 4 atom stereocenters. The van der Waals surface area contributed by atoms with Crippen molar-refractivity contribution < 1.29 is 19.1 Å². The van der Waals surface area contributed by atoms with E-state index in [0.29, 0.717) is 23.8 Å². The zero-order chi connectivity index (χ0) is 20.1. The lowest BCUT2D eigenvalue weighted by molar-refractivity contribution is -0.125. The molecule has 2 amide bonds. The molecule has 0 spiro atoms. The minimum absolute atomic E-state index is 0.0123. The minimum Gasteiger partial charge on any atom is -0.496 e. The highest BCUT2D eigenvalue weighted by Crippen LogP contribution is 2.41. The lowest BCUT2D eigenvalue weighted by atomic mass is 9.84. The summed E-state index contributed by atoms with van der Waals surface area (Å²) in [6.07, 6.45) is 5.83. The molecule has 4 unspecified atom stereocenters. The van der Waals surface area contributed by atoms with Crippen LogP contribution in [0.1, 0.15) is 55.8 Å². The average Bonchev–Trinajstić information content (AvgIpc) is 3.11. The summed E-state index contributed by atoms with van der Waals surface area (Å²) in [7, 11) is 3.23. The van der Waals surface area contributed by atoms with Crippen LogP contribution >= 0.6 is 0 Å². The maximum Gasteiger partial charge on any atom is 0.258 e. The molecule has 1 aromatic carbocycles. The SMILES string of the molecule is COCCC(C)NC(=O)C1CC2CCCCC2N1C(=O)c1ccccc1OC. The fourth-order valence-electron chi connectivity index (χ4n) is 4.65. The van der Waals surface area contributed by atoms with Crippen molar-refractivity contribution in [2.45, 2.75) is 63.6 Å². The molecule has 1 saturated carbocycles. The van der Waals surface area contributed by atoms with Gasteiger partial charge in [0.2, 0.25) is 5.91 Å². The molecule has 2 fully saturated rings. The van der Waals surface area contributed by atoms with Gasteiger partial charge in [-0.25, -0.2) is 0 Å². The Bertz CT molecular complexity index is 693. The topological polar surface area (TPSA) is 67.9 Å². The number of rotatable bonds is 7. The van der Waals surface area contributed by atoms with Crippen LogP contribution in [0.25, 0.3) is 0 Å². The Morgan fingerprint density at radius 2 is 1.96 bits per heavy atom. The summed E-state index contributed by atoms with van der Waals surface area (Å²) >= 11 is 0. The molecule has 154 valence electrons. The minimum atomic E-state index is -0.421. The Morgan fingerprint density at radius 1 is 1.21 bits per heavy atom. The summed E-state index contributed by atoms with van der Waals surface area (Å²) in [5.41, 5.74) is 0.529. The number of benzene rings is 1. The number of amides is 2. The Morgan fingerprint density at radius 3 is 2.71 bits per heavy atom. The van der Waals surface area contributed by atoms with Gasteiger partial charge < -0.3 is 19.7 Å². The van der Waals surface area contributed by atoms with Gasteiger partial charge in [-0.05, 0) is 50.7 Å². The van der Waals surface area contributed by atoms with Crippen LogP contribution < -0.4 is 10.1 Å². The summed E-state index contributed by atoms with van der Waals surface area (Å²) in [5, 5.41) is 3.09. The number of methoxy groups -OCH3 is 2. The highest BCUT2D eigenvalue weighted by Gasteiger charge is 2.48. The van der Waals surface area contributed by atoms with Crippen LogP contribution in [-0.4, -0.2) is 55.7 Å². The molecule has 2 aliphatic rings. The fourth-order valence-corrected chi connectivity index (χ4v) is 4.65. The molecule has 3 rings (SSSR count). The van der Waals surface area contributed by atoms with Crippen molar-refractivity contribution in [1.29, 1.82) is 0 Å². The van der Waals surface area contributed by atoms with E-state index in [1.54, 1.807) is 26.4 Å². The average molecular weight is 389 g/mol. The smallest absolute Gasteiger partial charge is 0.258 e. The predicted molar refractivity (Wildman–Crippen MR) is 107 cm³/mol. The van der Waals surface area contributed by atoms with E-state index in [1.165, 1.54) is 6.42 Å². The maximum atomic E-state index is 13.5. The zero-order valence-corrected chi connectivity index (χ0v) is 17.1. The number of hydrogen-bond acceptors (Lipinski definition) is 4. The van der Waals surface area contributed by atoms with Crippen LogP contribution in [0, 0.1) is 5.92 Å². The van der Waals surface area contributed by atoms with E-state index in [0.717, 1.165) is 32.1 Å². The van der Waals surface area contributed by atoms with E-state index >= 15 is 0 Å². The van der Waals surface area contributed by atoms with Crippen LogP contribution in [0.2, 0.25) is 0 Å². The van der Waals surface area contributed by atoms with Crippen LogP contribution in [0.3, 0.4) is 0 Å². The van der Waals surface area contributed by atoms with Gasteiger partial charge in [-0.1, -0.05) is 25.0 Å². The third kappa shape index (κ3) is 4.32. The molecule has 1 aromatic rings. The van der Waals surface area contributed by atoms with Crippen molar-refractivity contribution in [1.82, 2.24) is 10.2 Å². The number of likely N-dealkylation sites (tertiary alicyclic amines) is 1. The molecule has 1 N–H and O–H groups in total. The summed E-state index contributed by atoms with van der Waals surface area (Å²) < 4.78 is 10.5. The Balaban J connectivity index is 1.83. The zero-order valence-electron chi connectivity index (χ0n) is 17.1. The van der Waals surface area contributed by atoms with Gasteiger partial charge >= 0.3 is 0 Å². The summed E-state index contributed by atoms with van der Waals surface area (Å²) in [6.45, 7) is 2.58. The van der Waals surface area contributed by atoms with Gasteiger partial charge in [0.15, 0.2) is 0 Å². The summed E-state index contributed by atoms with van der Waals surface area (Å²) in [5.74, 6) is 0.801. The molecule has 0 bridgehead atoms. The van der Waals surface area contributed by atoms with Crippen molar-refractivity contribution >= 4 is 11.8 Å². The van der Waals surface area contributed by atoms with Crippen molar-refractivity contribution in [3.8, 4) is 5.75 Å². The quantitative estimate of drug-likeness (QED) is 0.780. The second-order valence-electron chi connectivity index (χ2n) is 7.97. The Hall–Kier alpha value is -2.08. The van der Waals surface area contributed by atoms with Gasteiger partial charge in [0.05, 0.1) is 12.7 Å². The van der Waals surface area contributed by atoms with E-state index in [-0.39, 0.29) is 23.9 Å². The molecule has 0 aromatic heterocycles. The number of fused-ring (bicyclic) bond motifs is 1. The monoisotopic (exact) mass is 388 g/mol. The molecule has 6 heteroatoms. The van der Waals surface area contributed by atoms with E-state index in [1.807, 2.05) is 24.0 Å². The van der Waals surface area contributed by atoms with E-state index in [4.69, 9.17) is 9.47 Å². The van der Waals surface area contributed by atoms with Gasteiger partial charge in [0.1, 0.15) is 11.8 Å². The first-order valence-electron chi connectivity index (χ1n) is 10.3. The second-order valence-corrected chi connectivity index (χ2v) is 7.97. The molecule has 1 aliphatic heterocycles. The van der Waals surface area contributed by atoms with Crippen molar-refractivity contribution in [3.05, 3.63) is 29.8 Å². The van der Waals surface area contributed by atoms with Crippen LogP contribution in [0.4, 0.5) is 0 Å². The van der Waals surface area contributed by atoms with Crippen LogP contribution in [0.15, 0.2) is 24.3 Å². The van der Waals surface area contributed by atoms with Gasteiger partial charge in [-0.15, -0.1) is 0 Å². The van der Waals surface area contributed by atoms with Crippen molar-refractivity contribution in [3.63, 3.8) is 0 Å².